The molecule has 0 heterocycles. The van der Waals surface area contributed by atoms with Gasteiger partial charge < -0.3 is 18.9 Å². The number of amides is 1. The molecule has 0 bridgehead atoms. The van der Waals surface area contributed by atoms with Crippen LogP contribution in [0.4, 0.5) is 9.59 Å². The van der Waals surface area contributed by atoms with Crippen LogP contribution in [0.2, 0.25) is 0 Å². The van der Waals surface area contributed by atoms with Crippen molar-refractivity contribution < 1.29 is 33.3 Å². The van der Waals surface area contributed by atoms with Crippen LogP contribution in [-0.2, 0) is 23.7 Å². The average Bonchev–Trinajstić information content (AvgIpc) is 2.28. The molecule has 0 aromatic heterocycles. The SMILES string of the molecule is C/C(OC(=O)OC(C)(C)C)=C(/NC(=O)OC(C)(C)C)C(=O)OC(C)(C)C. The Kier molecular flexibility index (Phi) is 7.69. The Morgan fingerprint density at radius 2 is 1.12 bits per heavy atom. The summed E-state index contributed by atoms with van der Waals surface area (Å²) in [7, 11) is 0. The van der Waals surface area contributed by atoms with Crippen molar-refractivity contribution in [2.75, 3.05) is 0 Å². The van der Waals surface area contributed by atoms with Gasteiger partial charge in [0.2, 0.25) is 0 Å². The number of hydrogen-bond acceptors (Lipinski definition) is 7. The van der Waals surface area contributed by atoms with E-state index in [0.29, 0.717) is 0 Å². The van der Waals surface area contributed by atoms with E-state index in [-0.39, 0.29) is 11.5 Å². The van der Waals surface area contributed by atoms with Crippen molar-refractivity contribution in [3.8, 4) is 0 Å². The van der Waals surface area contributed by atoms with E-state index in [1.165, 1.54) is 6.92 Å². The first kappa shape index (κ1) is 23.8. The number of esters is 1. The predicted octanol–water partition coefficient (Wildman–Crippen LogP) is 4.04. The lowest BCUT2D eigenvalue weighted by Crippen LogP contribution is -2.37. The minimum atomic E-state index is -1.01. The van der Waals surface area contributed by atoms with Gasteiger partial charge in [-0.1, -0.05) is 0 Å². The standard InChI is InChI=1S/C18H31NO7/c1-11(23-15(22)26-18(8,9)10)12(13(20)24-16(2,3)4)19-14(21)25-17(5,6)7/h1-10H3,(H,19,21)/b12-11-. The second kappa shape index (κ2) is 8.42. The van der Waals surface area contributed by atoms with Crippen molar-refractivity contribution in [3.05, 3.63) is 11.5 Å². The highest BCUT2D eigenvalue weighted by Crippen LogP contribution is 2.16. The molecule has 0 rings (SSSR count). The van der Waals surface area contributed by atoms with Crippen LogP contribution in [0.5, 0.6) is 0 Å². The van der Waals surface area contributed by atoms with E-state index in [9.17, 15) is 14.4 Å². The number of rotatable bonds is 3. The Morgan fingerprint density at radius 3 is 1.50 bits per heavy atom. The summed E-state index contributed by atoms with van der Waals surface area (Å²) in [6.45, 7) is 16.4. The zero-order valence-electron chi connectivity index (χ0n) is 17.4. The molecule has 1 amide bonds. The molecule has 0 radical (unpaired) electrons. The molecule has 0 saturated carbocycles. The van der Waals surface area contributed by atoms with E-state index < -0.39 is 35.0 Å². The summed E-state index contributed by atoms with van der Waals surface area (Å²) in [5.74, 6) is -1.05. The fourth-order valence-corrected chi connectivity index (χ4v) is 1.46. The topological polar surface area (TPSA) is 100 Å². The van der Waals surface area contributed by atoms with E-state index in [4.69, 9.17) is 18.9 Å². The summed E-state index contributed by atoms with van der Waals surface area (Å²) >= 11 is 0. The van der Waals surface area contributed by atoms with E-state index in [0.717, 1.165) is 0 Å². The van der Waals surface area contributed by atoms with Crippen molar-refractivity contribution in [3.63, 3.8) is 0 Å². The van der Waals surface area contributed by atoms with Crippen LogP contribution in [0.3, 0.4) is 0 Å². The van der Waals surface area contributed by atoms with Gasteiger partial charge in [-0.25, -0.2) is 14.4 Å². The van der Waals surface area contributed by atoms with Gasteiger partial charge in [0, 0.05) is 0 Å². The van der Waals surface area contributed by atoms with Crippen LogP contribution < -0.4 is 5.32 Å². The van der Waals surface area contributed by atoms with Crippen LogP contribution in [0.15, 0.2) is 11.5 Å². The summed E-state index contributed by atoms with van der Waals surface area (Å²) in [6.07, 6.45) is -1.90. The summed E-state index contributed by atoms with van der Waals surface area (Å²) in [4.78, 5) is 36.2. The summed E-state index contributed by atoms with van der Waals surface area (Å²) < 4.78 is 20.4. The number of carbonyl (C=O) groups excluding carboxylic acids is 3. The minimum Gasteiger partial charge on any atom is -0.455 e. The number of hydrogen-bond donors (Lipinski definition) is 1. The maximum absolute atomic E-state index is 12.4. The van der Waals surface area contributed by atoms with Gasteiger partial charge in [0.05, 0.1) is 0 Å². The lowest BCUT2D eigenvalue weighted by atomic mass is 10.2. The molecular formula is C18H31NO7. The predicted molar refractivity (Wildman–Crippen MR) is 95.2 cm³/mol. The van der Waals surface area contributed by atoms with Gasteiger partial charge in [-0.15, -0.1) is 0 Å². The number of allylic oxidation sites excluding steroid dienone is 1. The number of ether oxygens (including phenoxy) is 4. The Morgan fingerprint density at radius 1 is 0.692 bits per heavy atom. The van der Waals surface area contributed by atoms with Crippen molar-refractivity contribution in [2.45, 2.75) is 86.0 Å². The molecule has 1 N–H and O–H groups in total. The molecule has 26 heavy (non-hydrogen) atoms. The fourth-order valence-electron chi connectivity index (χ4n) is 1.46. The molecule has 0 aromatic carbocycles. The first-order valence-electron chi connectivity index (χ1n) is 8.25. The fraction of sp³-hybridized carbons (Fsp3) is 0.722. The Balaban J connectivity index is 5.50. The summed E-state index contributed by atoms with van der Waals surface area (Å²) in [6, 6.07) is 0. The highest BCUT2D eigenvalue weighted by atomic mass is 16.7. The van der Waals surface area contributed by atoms with Gasteiger partial charge in [0.1, 0.15) is 22.6 Å². The van der Waals surface area contributed by atoms with E-state index >= 15 is 0 Å². The molecule has 0 atom stereocenters. The summed E-state index contributed by atoms with van der Waals surface area (Å²) in [5, 5.41) is 2.28. The lowest BCUT2D eigenvalue weighted by molar-refractivity contribution is -0.150. The zero-order valence-corrected chi connectivity index (χ0v) is 17.4. The molecule has 8 heteroatoms. The van der Waals surface area contributed by atoms with Gasteiger partial charge >= 0.3 is 18.2 Å². The third-order valence-electron chi connectivity index (χ3n) is 2.21. The highest BCUT2D eigenvalue weighted by molar-refractivity contribution is 5.93. The van der Waals surface area contributed by atoms with Crippen molar-refractivity contribution in [1.82, 2.24) is 5.32 Å². The molecular weight excluding hydrogens is 342 g/mol. The van der Waals surface area contributed by atoms with E-state index in [1.54, 1.807) is 62.3 Å². The van der Waals surface area contributed by atoms with Gasteiger partial charge in [0.15, 0.2) is 5.70 Å². The molecule has 0 unspecified atom stereocenters. The van der Waals surface area contributed by atoms with Crippen LogP contribution in [0.1, 0.15) is 69.2 Å². The normalized spacial score (nSPS) is 13.3. The van der Waals surface area contributed by atoms with Crippen molar-refractivity contribution in [1.29, 1.82) is 0 Å². The number of alkyl carbamates (subject to hydrolysis) is 1. The first-order chi connectivity index (χ1) is 11.4. The highest BCUT2D eigenvalue weighted by Gasteiger charge is 2.28. The molecule has 150 valence electrons. The largest absolute Gasteiger partial charge is 0.514 e. The molecule has 0 aromatic rings. The molecule has 0 aliphatic carbocycles. The smallest absolute Gasteiger partial charge is 0.455 e. The monoisotopic (exact) mass is 373 g/mol. The van der Waals surface area contributed by atoms with Crippen LogP contribution in [-0.4, -0.2) is 35.0 Å². The van der Waals surface area contributed by atoms with E-state index in [2.05, 4.69) is 5.32 Å². The third kappa shape index (κ3) is 11.3. The summed E-state index contributed by atoms with van der Waals surface area (Å²) in [5.41, 5.74) is -2.71. The molecule has 0 saturated heterocycles. The Labute approximate surface area is 155 Å². The van der Waals surface area contributed by atoms with Gasteiger partial charge in [0.25, 0.3) is 0 Å². The first-order valence-corrected chi connectivity index (χ1v) is 8.25. The Hall–Kier alpha value is -2.25. The second-order valence-electron chi connectivity index (χ2n) is 8.63. The van der Waals surface area contributed by atoms with Crippen LogP contribution in [0.25, 0.3) is 0 Å². The van der Waals surface area contributed by atoms with Gasteiger partial charge in [-0.05, 0) is 69.2 Å². The second-order valence-corrected chi connectivity index (χ2v) is 8.63. The Bertz CT molecular complexity index is 572. The average molecular weight is 373 g/mol. The number of nitrogens with one attached hydrogen (secondary N) is 1. The quantitative estimate of drug-likeness (QED) is 0.345. The molecule has 8 nitrogen and oxygen atoms in total. The van der Waals surface area contributed by atoms with Crippen LogP contribution >= 0.6 is 0 Å². The number of carbonyl (C=O) groups is 3. The van der Waals surface area contributed by atoms with E-state index in [1.807, 2.05) is 0 Å². The molecule has 0 aliphatic heterocycles. The third-order valence-corrected chi connectivity index (χ3v) is 2.21. The minimum absolute atomic E-state index is 0.181. The lowest BCUT2D eigenvalue weighted by Gasteiger charge is -2.24. The van der Waals surface area contributed by atoms with Crippen molar-refractivity contribution in [2.24, 2.45) is 0 Å². The van der Waals surface area contributed by atoms with Gasteiger partial charge in [-0.3, -0.25) is 5.32 Å². The maximum Gasteiger partial charge on any atom is 0.514 e. The molecule has 0 aliphatic rings. The maximum atomic E-state index is 12.4. The van der Waals surface area contributed by atoms with Crippen LogP contribution in [0, 0.1) is 0 Å². The van der Waals surface area contributed by atoms with Crippen molar-refractivity contribution >= 4 is 18.2 Å². The van der Waals surface area contributed by atoms with Gasteiger partial charge in [-0.2, -0.15) is 0 Å². The molecule has 0 spiro atoms. The zero-order chi connectivity index (χ0) is 20.9. The molecule has 0 fully saturated rings.